The van der Waals surface area contributed by atoms with E-state index in [4.69, 9.17) is 0 Å². The summed E-state index contributed by atoms with van der Waals surface area (Å²) in [6, 6.07) is 2.48. The van der Waals surface area contributed by atoms with Gasteiger partial charge in [-0.2, -0.15) is 9.61 Å². The van der Waals surface area contributed by atoms with Crippen LogP contribution in [0.5, 0.6) is 0 Å². The Balaban J connectivity index is 1.70. The monoisotopic (exact) mass is 316 g/mol. The van der Waals surface area contributed by atoms with Gasteiger partial charge in [0.1, 0.15) is 6.33 Å². The number of fused-ring (bicyclic) bond motifs is 2. The van der Waals surface area contributed by atoms with Crippen LogP contribution in [0.2, 0.25) is 0 Å². The van der Waals surface area contributed by atoms with E-state index < -0.39 is 0 Å². The van der Waals surface area contributed by atoms with Crippen LogP contribution in [0, 0.1) is 12.3 Å². The van der Waals surface area contributed by atoms with Crippen LogP contribution >= 0.6 is 0 Å². The molecule has 7 nitrogen and oxygen atoms in total. The van der Waals surface area contributed by atoms with Crippen molar-refractivity contribution in [3.8, 4) is 0 Å². The number of aromatic nitrogens is 4. The molecule has 1 N–H and O–H groups in total. The molecule has 0 amide bonds. The van der Waals surface area contributed by atoms with Crippen LogP contribution in [-0.2, 0) is 0 Å². The SMILES string of the molecule is Cc1cc(N2CC[C@@]3(CO)CCCN(C)[C@@H]3C2)c2nncn2n1. The van der Waals surface area contributed by atoms with E-state index in [2.05, 4.69) is 38.2 Å². The van der Waals surface area contributed by atoms with Gasteiger partial charge in [0, 0.05) is 24.5 Å². The Hall–Kier alpha value is -1.73. The van der Waals surface area contributed by atoms with E-state index in [0.717, 1.165) is 49.5 Å². The summed E-state index contributed by atoms with van der Waals surface area (Å²) in [4.78, 5) is 4.81. The van der Waals surface area contributed by atoms with Crippen LogP contribution in [0.15, 0.2) is 12.4 Å². The molecule has 23 heavy (non-hydrogen) atoms. The molecular weight excluding hydrogens is 292 g/mol. The van der Waals surface area contributed by atoms with E-state index in [-0.39, 0.29) is 12.0 Å². The van der Waals surface area contributed by atoms with Gasteiger partial charge in [0.25, 0.3) is 0 Å². The molecule has 7 heteroatoms. The zero-order chi connectivity index (χ0) is 16.0. The number of aliphatic hydroxyl groups is 1. The fraction of sp³-hybridized carbons (Fsp3) is 0.688. The second kappa shape index (κ2) is 5.42. The summed E-state index contributed by atoms with van der Waals surface area (Å²) >= 11 is 0. The summed E-state index contributed by atoms with van der Waals surface area (Å²) in [7, 11) is 2.18. The highest BCUT2D eigenvalue weighted by atomic mass is 16.3. The molecule has 0 radical (unpaired) electrons. The predicted octanol–water partition coefficient (Wildman–Crippen LogP) is 0.716. The number of nitrogens with zero attached hydrogens (tertiary/aromatic N) is 6. The Labute approximate surface area is 135 Å². The highest BCUT2D eigenvalue weighted by Gasteiger charge is 2.46. The van der Waals surface area contributed by atoms with Crippen molar-refractivity contribution in [3.05, 3.63) is 18.1 Å². The summed E-state index contributed by atoms with van der Waals surface area (Å²) in [6.45, 7) is 5.25. The summed E-state index contributed by atoms with van der Waals surface area (Å²) < 4.78 is 1.75. The zero-order valence-corrected chi connectivity index (χ0v) is 13.8. The van der Waals surface area contributed by atoms with Crippen LogP contribution in [0.25, 0.3) is 5.65 Å². The molecule has 2 fully saturated rings. The number of hydrogen-bond acceptors (Lipinski definition) is 6. The molecule has 2 aliphatic heterocycles. The number of anilines is 1. The van der Waals surface area contributed by atoms with Gasteiger partial charge in [0.15, 0.2) is 0 Å². The molecule has 2 aliphatic rings. The van der Waals surface area contributed by atoms with Crippen molar-refractivity contribution >= 4 is 11.3 Å². The van der Waals surface area contributed by atoms with E-state index in [9.17, 15) is 5.11 Å². The molecule has 4 heterocycles. The van der Waals surface area contributed by atoms with E-state index in [0.29, 0.717) is 6.04 Å². The number of aliphatic hydroxyl groups excluding tert-OH is 1. The third-order valence-electron chi connectivity index (χ3n) is 5.72. The van der Waals surface area contributed by atoms with E-state index in [1.54, 1.807) is 10.8 Å². The smallest absolute Gasteiger partial charge is 0.200 e. The summed E-state index contributed by atoms with van der Waals surface area (Å²) in [5.74, 6) is 0. The van der Waals surface area contributed by atoms with Gasteiger partial charge in [-0.05, 0) is 45.8 Å². The molecule has 2 aromatic heterocycles. The second-order valence-corrected chi connectivity index (χ2v) is 7.09. The molecule has 4 rings (SSSR count). The normalized spacial score (nSPS) is 29.0. The third kappa shape index (κ3) is 2.30. The van der Waals surface area contributed by atoms with Crippen molar-refractivity contribution in [1.29, 1.82) is 0 Å². The fourth-order valence-electron chi connectivity index (χ4n) is 4.40. The predicted molar refractivity (Wildman–Crippen MR) is 87.5 cm³/mol. The summed E-state index contributed by atoms with van der Waals surface area (Å²) in [5, 5.41) is 22.7. The lowest BCUT2D eigenvalue weighted by molar-refractivity contribution is -0.0275. The Morgan fingerprint density at radius 3 is 3.04 bits per heavy atom. The lowest BCUT2D eigenvalue weighted by Crippen LogP contribution is -2.61. The van der Waals surface area contributed by atoms with Gasteiger partial charge < -0.3 is 14.9 Å². The van der Waals surface area contributed by atoms with Crippen molar-refractivity contribution < 1.29 is 5.11 Å². The van der Waals surface area contributed by atoms with Crippen LogP contribution in [0.4, 0.5) is 5.69 Å². The summed E-state index contributed by atoms with van der Waals surface area (Å²) in [6.07, 6.45) is 4.97. The van der Waals surface area contributed by atoms with Gasteiger partial charge in [-0.1, -0.05) is 0 Å². The first-order chi connectivity index (χ1) is 11.1. The first kappa shape index (κ1) is 14.8. The Kier molecular flexibility index (Phi) is 3.50. The Morgan fingerprint density at radius 1 is 1.35 bits per heavy atom. The van der Waals surface area contributed by atoms with Crippen molar-refractivity contribution in [2.75, 3.05) is 38.2 Å². The fourth-order valence-corrected chi connectivity index (χ4v) is 4.40. The molecule has 2 aromatic rings. The third-order valence-corrected chi connectivity index (χ3v) is 5.72. The van der Waals surface area contributed by atoms with Crippen molar-refractivity contribution in [1.82, 2.24) is 24.7 Å². The van der Waals surface area contributed by atoms with Gasteiger partial charge in [-0.15, -0.1) is 10.2 Å². The second-order valence-electron chi connectivity index (χ2n) is 7.09. The maximum atomic E-state index is 10.1. The van der Waals surface area contributed by atoms with Crippen LogP contribution in [-0.4, -0.2) is 69.1 Å². The zero-order valence-electron chi connectivity index (χ0n) is 13.8. The number of hydrogen-bond donors (Lipinski definition) is 1. The van der Waals surface area contributed by atoms with Gasteiger partial charge in [-0.25, -0.2) is 0 Å². The van der Waals surface area contributed by atoms with Gasteiger partial charge >= 0.3 is 0 Å². The van der Waals surface area contributed by atoms with Gasteiger partial charge in [0.05, 0.1) is 18.0 Å². The number of piperidine rings is 2. The molecular formula is C16H24N6O. The molecule has 0 aliphatic carbocycles. The molecule has 0 aromatic carbocycles. The van der Waals surface area contributed by atoms with Crippen molar-refractivity contribution in [2.24, 2.45) is 5.41 Å². The molecule has 0 unspecified atom stereocenters. The maximum absolute atomic E-state index is 10.1. The van der Waals surface area contributed by atoms with E-state index >= 15 is 0 Å². The number of likely N-dealkylation sites (tertiary alicyclic amines) is 1. The highest BCUT2D eigenvalue weighted by molar-refractivity contribution is 5.68. The number of likely N-dealkylation sites (N-methyl/N-ethyl adjacent to an activating group) is 1. The van der Waals surface area contributed by atoms with E-state index in [1.807, 2.05) is 6.92 Å². The molecule has 0 bridgehead atoms. The minimum absolute atomic E-state index is 0.0511. The van der Waals surface area contributed by atoms with Crippen LogP contribution in [0.1, 0.15) is 25.0 Å². The molecule has 2 atom stereocenters. The number of aryl methyl sites for hydroxylation is 1. The van der Waals surface area contributed by atoms with E-state index in [1.165, 1.54) is 6.42 Å². The minimum atomic E-state index is 0.0511. The first-order valence-electron chi connectivity index (χ1n) is 8.37. The lowest BCUT2D eigenvalue weighted by Gasteiger charge is -2.54. The largest absolute Gasteiger partial charge is 0.396 e. The van der Waals surface area contributed by atoms with Crippen LogP contribution in [0.3, 0.4) is 0 Å². The first-order valence-corrected chi connectivity index (χ1v) is 8.37. The Bertz CT molecular complexity index is 716. The van der Waals surface area contributed by atoms with Crippen molar-refractivity contribution in [3.63, 3.8) is 0 Å². The average molecular weight is 316 g/mol. The number of rotatable bonds is 2. The van der Waals surface area contributed by atoms with Crippen LogP contribution < -0.4 is 4.90 Å². The minimum Gasteiger partial charge on any atom is -0.396 e. The topological polar surface area (TPSA) is 69.8 Å². The molecule has 124 valence electrons. The standard InChI is InChI=1S/C16H24N6O/c1-12-8-13(15-18-17-11-22(15)19-12)21-7-5-16(10-23)4-3-6-20(2)14(16)9-21/h8,11,14,23H,3-7,9-10H2,1-2H3/t14-,16-/m1/s1. The van der Waals surface area contributed by atoms with Crippen molar-refractivity contribution in [2.45, 2.75) is 32.2 Å². The molecule has 0 spiro atoms. The maximum Gasteiger partial charge on any atom is 0.200 e. The highest BCUT2D eigenvalue weighted by Crippen LogP contribution is 2.42. The summed E-state index contributed by atoms with van der Waals surface area (Å²) in [5.41, 5.74) is 2.92. The lowest BCUT2D eigenvalue weighted by atomic mass is 9.69. The molecule has 2 saturated heterocycles. The Morgan fingerprint density at radius 2 is 2.22 bits per heavy atom. The van der Waals surface area contributed by atoms with Gasteiger partial charge in [-0.3, -0.25) is 0 Å². The average Bonchev–Trinajstić information content (AvgIpc) is 3.02. The van der Waals surface area contributed by atoms with Gasteiger partial charge in [0.2, 0.25) is 5.65 Å². The quantitative estimate of drug-likeness (QED) is 0.880. The molecule has 0 saturated carbocycles.